The van der Waals surface area contributed by atoms with E-state index in [2.05, 4.69) is 4.52 Å². The van der Waals surface area contributed by atoms with Crippen LogP contribution in [-0.4, -0.2) is 22.6 Å². The van der Waals surface area contributed by atoms with Gasteiger partial charge in [0.25, 0.3) is 0 Å². The number of carbonyl (C=O) groups is 1. The van der Waals surface area contributed by atoms with Crippen molar-refractivity contribution in [1.82, 2.24) is 0 Å². The first-order valence-corrected chi connectivity index (χ1v) is 9.72. The summed E-state index contributed by atoms with van der Waals surface area (Å²) in [4.78, 5) is 19.9. The average molecular weight is 391 g/mol. The van der Waals surface area contributed by atoms with Gasteiger partial charge in [-0.2, -0.15) is 4.52 Å². The van der Waals surface area contributed by atoms with Gasteiger partial charge in [-0.15, -0.1) is 4.89 Å². The van der Waals surface area contributed by atoms with Crippen molar-refractivity contribution in [3.05, 3.63) is 58.1 Å². The summed E-state index contributed by atoms with van der Waals surface area (Å²) in [5.41, 5.74) is 5.18. The van der Waals surface area contributed by atoms with E-state index in [1.54, 1.807) is 6.07 Å². The van der Waals surface area contributed by atoms with Crippen LogP contribution in [-0.2, 0) is 20.3 Å². The lowest BCUT2D eigenvalue weighted by atomic mass is 9.93. The minimum absolute atomic E-state index is 0.233. The maximum Gasteiger partial charge on any atom is 0.750 e. The fourth-order valence-corrected chi connectivity index (χ4v) is 3.18. The van der Waals surface area contributed by atoms with Crippen LogP contribution in [0.2, 0.25) is 0 Å². The van der Waals surface area contributed by atoms with Gasteiger partial charge in [0, 0.05) is 4.57 Å². The molecule has 1 atom stereocenters. The van der Waals surface area contributed by atoms with Gasteiger partial charge in [0.05, 0.1) is 0 Å². The van der Waals surface area contributed by atoms with E-state index in [4.69, 9.17) is 9.63 Å². The van der Waals surface area contributed by atoms with Crippen molar-refractivity contribution in [3.8, 4) is 11.5 Å². The van der Waals surface area contributed by atoms with Gasteiger partial charge in [0.2, 0.25) is 0 Å². The van der Waals surface area contributed by atoms with Gasteiger partial charge >= 0.3 is 14.2 Å². The number of aryl methyl sites for hydroxylation is 2. The van der Waals surface area contributed by atoms with Gasteiger partial charge in [0.15, 0.2) is 6.61 Å². The molecule has 0 heterocycles. The van der Waals surface area contributed by atoms with Crippen LogP contribution in [0.15, 0.2) is 30.3 Å². The Hall–Kier alpha value is -2.43. The van der Waals surface area contributed by atoms with Crippen molar-refractivity contribution >= 4 is 14.2 Å². The summed E-state index contributed by atoms with van der Waals surface area (Å²) in [7, 11) is -2.97. The second-order valence-corrected chi connectivity index (χ2v) is 7.41. The highest BCUT2D eigenvalue weighted by Crippen LogP contribution is 2.29. The molecule has 1 unspecified atom stereocenters. The van der Waals surface area contributed by atoms with Crippen LogP contribution in [0, 0.1) is 13.8 Å². The second kappa shape index (κ2) is 8.98. The predicted molar refractivity (Wildman–Crippen MR) is 102 cm³/mol. The molecule has 0 aromatic heterocycles. The number of carbonyl (C=O) groups excluding carboxylic acids is 1. The van der Waals surface area contributed by atoms with Crippen LogP contribution >= 0.6 is 8.25 Å². The van der Waals surface area contributed by atoms with Crippen LogP contribution in [0.5, 0.6) is 11.5 Å². The van der Waals surface area contributed by atoms with E-state index >= 15 is 0 Å². The number of hydrogen-bond acceptors (Lipinski definition) is 5. The van der Waals surface area contributed by atoms with Crippen LogP contribution < -0.4 is 4.74 Å². The van der Waals surface area contributed by atoms with Crippen LogP contribution in [0.4, 0.5) is 0 Å². The summed E-state index contributed by atoms with van der Waals surface area (Å²) in [5.74, 6) is 0.134. The van der Waals surface area contributed by atoms with E-state index in [1.165, 1.54) is 0 Å². The van der Waals surface area contributed by atoms with Gasteiger partial charge in [-0.1, -0.05) is 26.0 Å². The second-order valence-electron chi connectivity index (χ2n) is 6.75. The van der Waals surface area contributed by atoms with E-state index in [0.717, 1.165) is 27.8 Å². The van der Waals surface area contributed by atoms with Gasteiger partial charge in [0.1, 0.15) is 11.5 Å². The first-order valence-electron chi connectivity index (χ1n) is 8.59. The van der Waals surface area contributed by atoms with E-state index < -0.39 is 20.8 Å². The van der Waals surface area contributed by atoms with Crippen molar-refractivity contribution in [2.75, 3.05) is 6.61 Å². The topological polar surface area (TPSA) is 93.1 Å². The number of benzene rings is 2. The summed E-state index contributed by atoms with van der Waals surface area (Å²) in [6.45, 7) is 7.57. The lowest BCUT2D eigenvalue weighted by molar-refractivity contribution is -0.136. The van der Waals surface area contributed by atoms with Crippen molar-refractivity contribution in [3.63, 3.8) is 0 Å². The molecule has 0 saturated heterocycles. The maximum atomic E-state index is 11.3. The molecule has 6 nitrogen and oxygen atoms in total. The Kier molecular flexibility index (Phi) is 6.94. The highest BCUT2D eigenvalue weighted by atomic mass is 31.1. The highest BCUT2D eigenvalue weighted by molar-refractivity contribution is 7.32. The van der Waals surface area contributed by atoms with Crippen LogP contribution in [0.3, 0.4) is 0 Å². The predicted octanol–water partition coefficient (Wildman–Crippen LogP) is 4.29. The number of phenols is 1. The zero-order valence-electron chi connectivity index (χ0n) is 15.9. The number of hydrogen-bond donors (Lipinski definition) is 2. The molecular weight excluding hydrogens is 367 g/mol. The average Bonchev–Trinajstić information content (AvgIpc) is 2.56. The molecule has 2 N–H and O–H groups in total. The molecule has 0 aliphatic carbocycles. The molecule has 7 heteroatoms. The van der Waals surface area contributed by atoms with Crippen LogP contribution in [0.25, 0.3) is 0 Å². The summed E-state index contributed by atoms with van der Waals surface area (Å²) >= 11 is 0. The molecule has 0 saturated carbocycles. The molecule has 27 heavy (non-hydrogen) atoms. The van der Waals surface area contributed by atoms with Gasteiger partial charge < -0.3 is 9.84 Å². The lowest BCUT2D eigenvalue weighted by Crippen LogP contribution is -2.12. The lowest BCUT2D eigenvalue weighted by Gasteiger charge is -2.15. The Balaban J connectivity index is 2.16. The SMILES string of the molecule is Cc1cc(OCC(=O)O[P+](=O)O)cc(C)c1Cc1ccc(O)c(C(C)C)c1. The van der Waals surface area contributed by atoms with Crippen molar-refractivity contribution in [2.45, 2.75) is 40.0 Å². The van der Waals surface area contributed by atoms with Crippen molar-refractivity contribution in [1.29, 1.82) is 0 Å². The molecule has 0 bridgehead atoms. The third kappa shape index (κ3) is 5.78. The first kappa shape index (κ1) is 20.9. The maximum absolute atomic E-state index is 11.3. The molecule has 2 aromatic rings. The number of phenolic OH excluding ortho intramolecular Hbond substituents is 1. The van der Waals surface area contributed by atoms with E-state index in [0.29, 0.717) is 17.9 Å². The largest absolute Gasteiger partial charge is 0.750 e. The summed E-state index contributed by atoms with van der Waals surface area (Å²) in [5, 5.41) is 9.99. The Morgan fingerprint density at radius 2 is 1.78 bits per heavy atom. The standard InChI is InChI=1S/C20H23O6P/c1-12(2)17-9-15(5-6-19(17)21)10-18-13(3)7-16(8-14(18)4)25-11-20(22)26-27(23)24/h5-9,12H,10-11H2,1-4H3,(H-,21,23,24)/p+1. The monoisotopic (exact) mass is 391 g/mol. The molecule has 0 radical (unpaired) electrons. The van der Waals surface area contributed by atoms with Gasteiger partial charge in [-0.25, -0.2) is 4.79 Å². The molecular formula is C20H24O6P+. The fraction of sp³-hybridized carbons (Fsp3) is 0.350. The number of aromatic hydroxyl groups is 1. The molecule has 0 aliphatic heterocycles. The van der Waals surface area contributed by atoms with E-state index in [-0.39, 0.29) is 5.92 Å². The molecule has 2 rings (SSSR count). The van der Waals surface area contributed by atoms with Gasteiger partial charge in [-0.05, 0) is 72.2 Å². The molecule has 0 amide bonds. The third-order valence-electron chi connectivity index (χ3n) is 4.30. The first-order chi connectivity index (χ1) is 12.7. The molecule has 0 aliphatic rings. The minimum Gasteiger partial charge on any atom is -0.508 e. The van der Waals surface area contributed by atoms with E-state index in [1.807, 2.05) is 52.0 Å². The quantitative estimate of drug-likeness (QED) is 0.684. The molecule has 0 fully saturated rings. The summed E-state index contributed by atoms with van der Waals surface area (Å²) < 4.78 is 20.0. The van der Waals surface area contributed by atoms with Crippen LogP contribution in [0.1, 0.15) is 47.6 Å². The Morgan fingerprint density at radius 3 is 2.33 bits per heavy atom. The molecule has 2 aromatic carbocycles. The Bertz CT molecular complexity index is 837. The Labute approximate surface area is 159 Å². The molecule has 0 spiro atoms. The summed E-state index contributed by atoms with van der Waals surface area (Å²) in [6.07, 6.45) is 0.713. The minimum atomic E-state index is -2.97. The smallest absolute Gasteiger partial charge is 0.508 e. The highest BCUT2D eigenvalue weighted by Gasteiger charge is 2.20. The van der Waals surface area contributed by atoms with E-state index in [9.17, 15) is 14.5 Å². The zero-order valence-corrected chi connectivity index (χ0v) is 16.7. The normalized spacial score (nSPS) is 11.4. The Morgan fingerprint density at radius 1 is 1.15 bits per heavy atom. The number of ether oxygens (including phenoxy) is 1. The van der Waals surface area contributed by atoms with Crippen molar-refractivity contribution in [2.24, 2.45) is 0 Å². The third-order valence-corrected chi connectivity index (χ3v) is 4.66. The summed E-state index contributed by atoms with van der Waals surface area (Å²) in [6, 6.07) is 9.30. The van der Waals surface area contributed by atoms with Gasteiger partial charge in [-0.3, -0.25) is 0 Å². The number of rotatable bonds is 7. The fourth-order valence-electron chi connectivity index (χ4n) is 2.95. The zero-order chi connectivity index (χ0) is 20.1. The molecule has 144 valence electrons. The van der Waals surface area contributed by atoms with Crippen molar-refractivity contribution < 1.29 is 28.6 Å².